The molecule has 0 amide bonds. The van der Waals surface area contributed by atoms with Crippen molar-refractivity contribution in [3.63, 3.8) is 0 Å². The van der Waals surface area contributed by atoms with Crippen molar-refractivity contribution < 1.29 is 24.2 Å². The molecule has 5 heteroatoms. The number of esters is 2. The van der Waals surface area contributed by atoms with E-state index in [1.165, 1.54) is 12.8 Å². The topological polar surface area (TPSA) is 72.8 Å². The molecule has 0 radical (unpaired) electrons. The second-order valence-corrected chi connectivity index (χ2v) is 6.58. The van der Waals surface area contributed by atoms with Gasteiger partial charge in [0.05, 0.1) is 11.8 Å². The highest BCUT2D eigenvalue weighted by Gasteiger charge is 2.25. The van der Waals surface area contributed by atoms with Gasteiger partial charge in [0.1, 0.15) is 19.3 Å². The van der Waals surface area contributed by atoms with Crippen molar-refractivity contribution in [3.8, 4) is 0 Å². The summed E-state index contributed by atoms with van der Waals surface area (Å²) in [6.45, 7) is -0.180. The zero-order chi connectivity index (χ0) is 15.8. The Balaban J connectivity index is 1.59. The summed E-state index contributed by atoms with van der Waals surface area (Å²) in [6, 6.07) is 0. The first-order valence-corrected chi connectivity index (χ1v) is 8.68. The molecule has 1 N–H and O–H groups in total. The van der Waals surface area contributed by atoms with E-state index in [-0.39, 0.29) is 37.0 Å². The minimum absolute atomic E-state index is 0.0225. The van der Waals surface area contributed by atoms with Crippen LogP contribution in [0.4, 0.5) is 0 Å². The van der Waals surface area contributed by atoms with E-state index in [1.54, 1.807) is 0 Å². The Hall–Kier alpha value is -1.10. The lowest BCUT2D eigenvalue weighted by Crippen LogP contribution is -2.30. The molecule has 0 atom stereocenters. The molecule has 2 saturated carbocycles. The van der Waals surface area contributed by atoms with Gasteiger partial charge in [0, 0.05) is 0 Å². The molecular weight excluding hydrogens is 284 g/mol. The van der Waals surface area contributed by atoms with Gasteiger partial charge in [-0.25, -0.2) is 0 Å². The maximum atomic E-state index is 11.8. The first kappa shape index (κ1) is 17.3. The Morgan fingerprint density at radius 3 is 1.50 bits per heavy atom. The van der Waals surface area contributed by atoms with Gasteiger partial charge in [-0.3, -0.25) is 9.59 Å². The average molecular weight is 312 g/mol. The second kappa shape index (κ2) is 9.13. The quantitative estimate of drug-likeness (QED) is 0.763. The maximum absolute atomic E-state index is 11.8. The zero-order valence-electron chi connectivity index (χ0n) is 13.3. The zero-order valence-corrected chi connectivity index (χ0v) is 13.3. The van der Waals surface area contributed by atoms with Gasteiger partial charge in [-0.1, -0.05) is 38.5 Å². The van der Waals surface area contributed by atoms with E-state index < -0.39 is 6.10 Å². The highest BCUT2D eigenvalue weighted by Crippen LogP contribution is 2.25. The van der Waals surface area contributed by atoms with E-state index in [0.717, 1.165) is 51.4 Å². The van der Waals surface area contributed by atoms with Gasteiger partial charge in [0.25, 0.3) is 0 Å². The van der Waals surface area contributed by atoms with Crippen LogP contribution in [0.1, 0.15) is 64.2 Å². The molecule has 0 aromatic carbocycles. The van der Waals surface area contributed by atoms with Gasteiger partial charge in [0.15, 0.2) is 0 Å². The standard InChI is InChI=1S/C17H28O5/c18-15(11-21-16(19)13-7-3-1-4-8-13)12-22-17(20)14-9-5-2-6-10-14/h13-15,18H,1-12H2. The Morgan fingerprint density at radius 1 is 0.773 bits per heavy atom. The number of carbonyl (C=O) groups excluding carboxylic acids is 2. The molecule has 0 aromatic rings. The fraction of sp³-hybridized carbons (Fsp3) is 0.882. The smallest absolute Gasteiger partial charge is 0.309 e. The first-order chi connectivity index (χ1) is 10.7. The number of aliphatic hydroxyl groups is 1. The van der Waals surface area contributed by atoms with E-state index in [9.17, 15) is 14.7 Å². The molecule has 0 unspecified atom stereocenters. The normalized spacial score (nSPS) is 20.8. The molecule has 0 heterocycles. The molecule has 2 aliphatic carbocycles. The van der Waals surface area contributed by atoms with Crippen LogP contribution in [-0.4, -0.2) is 36.4 Å². The van der Waals surface area contributed by atoms with Crippen LogP contribution in [0.15, 0.2) is 0 Å². The second-order valence-electron chi connectivity index (χ2n) is 6.58. The van der Waals surface area contributed by atoms with Crippen LogP contribution in [0.3, 0.4) is 0 Å². The van der Waals surface area contributed by atoms with Crippen LogP contribution >= 0.6 is 0 Å². The summed E-state index contributed by atoms with van der Waals surface area (Å²) in [7, 11) is 0. The summed E-state index contributed by atoms with van der Waals surface area (Å²) in [4.78, 5) is 23.7. The Labute approximate surface area is 132 Å². The monoisotopic (exact) mass is 312 g/mol. The lowest BCUT2D eigenvalue weighted by molar-refractivity contribution is -0.158. The number of aliphatic hydroxyl groups excluding tert-OH is 1. The van der Waals surface area contributed by atoms with E-state index in [1.807, 2.05) is 0 Å². The minimum Gasteiger partial charge on any atom is -0.463 e. The average Bonchev–Trinajstić information content (AvgIpc) is 2.59. The van der Waals surface area contributed by atoms with Crippen molar-refractivity contribution in [2.45, 2.75) is 70.3 Å². The summed E-state index contributed by atoms with van der Waals surface area (Å²) in [5.41, 5.74) is 0. The lowest BCUT2D eigenvalue weighted by atomic mass is 9.89. The van der Waals surface area contributed by atoms with Crippen molar-refractivity contribution in [1.29, 1.82) is 0 Å². The predicted octanol–water partition coefficient (Wildman–Crippen LogP) is 2.59. The molecule has 0 spiro atoms. The van der Waals surface area contributed by atoms with Crippen molar-refractivity contribution in [1.82, 2.24) is 0 Å². The predicted molar refractivity (Wildman–Crippen MR) is 81.1 cm³/mol. The van der Waals surface area contributed by atoms with Gasteiger partial charge in [0.2, 0.25) is 0 Å². The van der Waals surface area contributed by atoms with Gasteiger partial charge >= 0.3 is 11.9 Å². The Bertz CT molecular complexity index is 322. The highest BCUT2D eigenvalue weighted by atomic mass is 16.6. The Kier molecular flexibility index (Phi) is 7.16. The third kappa shape index (κ3) is 5.59. The van der Waals surface area contributed by atoms with Gasteiger partial charge in [-0.2, -0.15) is 0 Å². The molecule has 22 heavy (non-hydrogen) atoms. The summed E-state index contributed by atoms with van der Waals surface area (Å²) in [5.74, 6) is -0.494. The van der Waals surface area contributed by atoms with Crippen molar-refractivity contribution in [2.75, 3.05) is 13.2 Å². The molecule has 2 fully saturated rings. The fourth-order valence-electron chi connectivity index (χ4n) is 3.32. The number of rotatable bonds is 6. The van der Waals surface area contributed by atoms with Gasteiger partial charge in [-0.15, -0.1) is 0 Å². The molecule has 5 nitrogen and oxygen atoms in total. The van der Waals surface area contributed by atoms with Crippen LogP contribution in [-0.2, 0) is 19.1 Å². The molecule has 126 valence electrons. The lowest BCUT2D eigenvalue weighted by Gasteiger charge is -2.22. The highest BCUT2D eigenvalue weighted by molar-refractivity contribution is 5.73. The Morgan fingerprint density at radius 2 is 1.14 bits per heavy atom. The van der Waals surface area contributed by atoms with Crippen LogP contribution in [0.5, 0.6) is 0 Å². The third-order valence-corrected chi connectivity index (χ3v) is 4.71. The molecule has 0 saturated heterocycles. The molecule has 0 aliphatic heterocycles. The molecule has 0 aromatic heterocycles. The van der Waals surface area contributed by atoms with Crippen molar-refractivity contribution in [2.24, 2.45) is 11.8 Å². The summed E-state index contributed by atoms with van der Waals surface area (Å²) < 4.78 is 10.3. The summed E-state index contributed by atoms with van der Waals surface area (Å²) >= 11 is 0. The van der Waals surface area contributed by atoms with Gasteiger partial charge < -0.3 is 14.6 Å². The van der Waals surface area contributed by atoms with Crippen molar-refractivity contribution >= 4 is 11.9 Å². The molecule has 0 bridgehead atoms. The van der Waals surface area contributed by atoms with Crippen LogP contribution in [0.25, 0.3) is 0 Å². The molecular formula is C17H28O5. The number of hydrogen-bond donors (Lipinski definition) is 1. The number of carbonyl (C=O) groups is 2. The van der Waals surface area contributed by atoms with E-state index >= 15 is 0 Å². The maximum Gasteiger partial charge on any atom is 0.309 e. The SMILES string of the molecule is O=C(OCC(O)COC(=O)C1CCCCC1)C1CCCCC1. The number of ether oxygens (including phenoxy) is 2. The summed E-state index contributed by atoms with van der Waals surface area (Å²) in [6.07, 6.45) is 9.24. The van der Waals surface area contributed by atoms with Crippen molar-refractivity contribution in [3.05, 3.63) is 0 Å². The van der Waals surface area contributed by atoms with E-state index in [0.29, 0.717) is 0 Å². The van der Waals surface area contributed by atoms with E-state index in [4.69, 9.17) is 9.47 Å². The molecule has 2 rings (SSSR count). The largest absolute Gasteiger partial charge is 0.463 e. The number of hydrogen-bond acceptors (Lipinski definition) is 5. The fourth-order valence-corrected chi connectivity index (χ4v) is 3.32. The first-order valence-electron chi connectivity index (χ1n) is 8.68. The van der Waals surface area contributed by atoms with Crippen LogP contribution < -0.4 is 0 Å². The van der Waals surface area contributed by atoms with Crippen LogP contribution in [0.2, 0.25) is 0 Å². The third-order valence-electron chi connectivity index (χ3n) is 4.71. The van der Waals surface area contributed by atoms with Crippen LogP contribution in [0, 0.1) is 11.8 Å². The molecule has 2 aliphatic rings. The van der Waals surface area contributed by atoms with Gasteiger partial charge in [-0.05, 0) is 25.7 Å². The summed E-state index contributed by atoms with van der Waals surface area (Å²) in [5, 5.41) is 9.79. The van der Waals surface area contributed by atoms with E-state index in [2.05, 4.69) is 0 Å². The minimum atomic E-state index is -0.930.